The van der Waals surface area contributed by atoms with E-state index < -0.39 is 28.1 Å². The summed E-state index contributed by atoms with van der Waals surface area (Å²) in [6.07, 6.45) is 7.15. The molecule has 2 heterocycles. The normalized spacial score (nSPS) is 24.9. The van der Waals surface area contributed by atoms with Crippen molar-refractivity contribution in [3.63, 3.8) is 0 Å². The Hall–Kier alpha value is -2.41. The average Bonchev–Trinajstić information content (AvgIpc) is 2.77. The van der Waals surface area contributed by atoms with Crippen molar-refractivity contribution in [2.75, 3.05) is 26.8 Å². The van der Waals surface area contributed by atoms with Crippen molar-refractivity contribution in [1.29, 1.82) is 0 Å². The number of carboxylic acid groups (broad SMARTS) is 1. The zero-order valence-electron chi connectivity index (χ0n) is 17.1. The van der Waals surface area contributed by atoms with Crippen LogP contribution in [0.3, 0.4) is 0 Å². The van der Waals surface area contributed by atoms with Gasteiger partial charge in [0.05, 0.1) is 23.6 Å². The standard InChI is InChI=1S/C21H26N2O6S/c1-4-11-22-12-15(13-29-3)17-8-6-9-18(20(22)24)23(17)30(27,28)19-10-5-7-16(14(19)2)21(25)26/h1,5,7,10,15,17-18H,6,8-9,11-13H2,2-3H3,(H,25,26)/t15-,17-,18+/m1/s1. The zero-order chi connectivity index (χ0) is 22.1. The molecule has 3 rings (SSSR count). The lowest BCUT2D eigenvalue weighted by Crippen LogP contribution is -2.55. The fourth-order valence-electron chi connectivity index (χ4n) is 4.60. The van der Waals surface area contributed by atoms with E-state index in [-0.39, 0.29) is 41.0 Å². The van der Waals surface area contributed by atoms with Crippen LogP contribution in [0.2, 0.25) is 0 Å². The van der Waals surface area contributed by atoms with Gasteiger partial charge in [-0.25, -0.2) is 13.2 Å². The number of carbonyl (C=O) groups is 2. The SMILES string of the molecule is C#CCN1C[C@H](COC)[C@H]2CCC[C@@H](C1=O)N2S(=O)(=O)c1cccc(C(=O)O)c1C. The number of ether oxygens (including phenoxy) is 1. The molecule has 0 aromatic heterocycles. The van der Waals surface area contributed by atoms with Gasteiger partial charge in [0.15, 0.2) is 0 Å². The van der Waals surface area contributed by atoms with Crippen LogP contribution in [0.1, 0.15) is 35.2 Å². The first-order valence-electron chi connectivity index (χ1n) is 9.81. The monoisotopic (exact) mass is 434 g/mol. The van der Waals surface area contributed by atoms with Gasteiger partial charge >= 0.3 is 5.97 Å². The van der Waals surface area contributed by atoms with Crippen molar-refractivity contribution in [3.8, 4) is 12.3 Å². The number of hydrogen-bond donors (Lipinski definition) is 1. The molecule has 1 aromatic rings. The van der Waals surface area contributed by atoms with E-state index in [1.165, 1.54) is 41.4 Å². The third kappa shape index (κ3) is 3.83. The van der Waals surface area contributed by atoms with Crippen LogP contribution in [-0.2, 0) is 19.6 Å². The predicted molar refractivity (Wildman–Crippen MR) is 109 cm³/mol. The summed E-state index contributed by atoms with van der Waals surface area (Å²) in [6, 6.07) is 2.88. The molecule has 30 heavy (non-hydrogen) atoms. The van der Waals surface area contributed by atoms with Crippen LogP contribution in [0.25, 0.3) is 0 Å². The second-order valence-electron chi connectivity index (χ2n) is 7.72. The number of amides is 1. The maximum absolute atomic E-state index is 13.8. The van der Waals surface area contributed by atoms with E-state index in [4.69, 9.17) is 11.2 Å². The number of nitrogens with zero attached hydrogens (tertiary/aromatic N) is 2. The van der Waals surface area contributed by atoms with Crippen LogP contribution < -0.4 is 0 Å². The van der Waals surface area contributed by atoms with Crippen LogP contribution in [-0.4, -0.2) is 73.5 Å². The molecule has 2 fully saturated rings. The van der Waals surface area contributed by atoms with E-state index in [0.29, 0.717) is 25.8 Å². The molecular formula is C21H26N2O6S. The van der Waals surface area contributed by atoms with E-state index in [1.807, 2.05) is 0 Å². The van der Waals surface area contributed by atoms with Gasteiger partial charge in [-0.05, 0) is 43.9 Å². The van der Waals surface area contributed by atoms with Gasteiger partial charge in [-0.2, -0.15) is 4.31 Å². The van der Waals surface area contributed by atoms with Crippen molar-refractivity contribution in [1.82, 2.24) is 9.21 Å². The van der Waals surface area contributed by atoms with Crippen LogP contribution in [0.4, 0.5) is 0 Å². The van der Waals surface area contributed by atoms with Gasteiger partial charge in [0.2, 0.25) is 15.9 Å². The Kier molecular flexibility index (Phi) is 6.50. The molecule has 1 N–H and O–H groups in total. The molecular weight excluding hydrogens is 408 g/mol. The Labute approximate surface area is 176 Å². The summed E-state index contributed by atoms with van der Waals surface area (Å²) in [6.45, 7) is 2.18. The van der Waals surface area contributed by atoms with Crippen molar-refractivity contribution in [2.24, 2.45) is 5.92 Å². The Morgan fingerprint density at radius 3 is 2.73 bits per heavy atom. The van der Waals surface area contributed by atoms with Crippen molar-refractivity contribution in [2.45, 2.75) is 43.2 Å². The highest BCUT2D eigenvalue weighted by molar-refractivity contribution is 7.89. The molecule has 0 saturated carbocycles. The molecule has 162 valence electrons. The highest BCUT2D eigenvalue weighted by Gasteiger charge is 2.50. The molecule has 3 atom stereocenters. The van der Waals surface area contributed by atoms with Crippen molar-refractivity contribution >= 4 is 21.9 Å². The second-order valence-corrected chi connectivity index (χ2v) is 9.53. The van der Waals surface area contributed by atoms with Gasteiger partial charge in [0, 0.05) is 25.6 Å². The second kappa shape index (κ2) is 8.76. The number of methoxy groups -OCH3 is 1. The highest BCUT2D eigenvalue weighted by Crippen LogP contribution is 2.38. The molecule has 0 radical (unpaired) electrons. The lowest BCUT2D eigenvalue weighted by Gasteiger charge is -2.40. The van der Waals surface area contributed by atoms with Gasteiger partial charge in [-0.15, -0.1) is 6.42 Å². The first-order valence-corrected chi connectivity index (χ1v) is 11.3. The highest BCUT2D eigenvalue weighted by atomic mass is 32.2. The molecule has 0 unspecified atom stereocenters. The number of sulfonamides is 1. The summed E-state index contributed by atoms with van der Waals surface area (Å²) in [7, 11) is -2.60. The minimum absolute atomic E-state index is 0.0789. The number of aromatic carboxylic acids is 1. The summed E-state index contributed by atoms with van der Waals surface area (Å²) >= 11 is 0. The molecule has 0 aliphatic carbocycles. The molecule has 8 nitrogen and oxygen atoms in total. The number of carbonyl (C=O) groups excluding carboxylic acids is 1. The van der Waals surface area contributed by atoms with Crippen LogP contribution in [0, 0.1) is 25.2 Å². The molecule has 1 amide bonds. The van der Waals surface area contributed by atoms with E-state index in [0.717, 1.165) is 0 Å². The summed E-state index contributed by atoms with van der Waals surface area (Å²) in [5.41, 5.74) is 0.0772. The van der Waals surface area contributed by atoms with Gasteiger partial charge in [0.25, 0.3) is 0 Å². The molecule has 9 heteroatoms. The van der Waals surface area contributed by atoms with Gasteiger partial charge in [-0.3, -0.25) is 4.79 Å². The number of benzene rings is 1. The number of rotatable bonds is 6. The predicted octanol–water partition coefficient (Wildman–Crippen LogP) is 1.34. The van der Waals surface area contributed by atoms with Crippen LogP contribution in [0.5, 0.6) is 0 Å². The van der Waals surface area contributed by atoms with E-state index >= 15 is 0 Å². The molecule has 2 saturated heterocycles. The number of piperidine rings is 1. The van der Waals surface area contributed by atoms with Crippen molar-refractivity contribution < 1.29 is 27.9 Å². The minimum atomic E-state index is -4.14. The maximum Gasteiger partial charge on any atom is 0.335 e. The quantitative estimate of drug-likeness (QED) is 0.678. The summed E-state index contributed by atoms with van der Waals surface area (Å²) in [5, 5.41) is 9.42. The third-order valence-corrected chi connectivity index (χ3v) is 8.02. The number of terminal acetylenes is 1. The Balaban J connectivity index is 2.15. The van der Waals surface area contributed by atoms with Gasteiger partial charge in [-0.1, -0.05) is 12.0 Å². The smallest absolute Gasteiger partial charge is 0.335 e. The van der Waals surface area contributed by atoms with Crippen molar-refractivity contribution in [3.05, 3.63) is 29.3 Å². The number of hydrogen-bond acceptors (Lipinski definition) is 5. The van der Waals surface area contributed by atoms with Crippen LogP contribution in [0.15, 0.2) is 23.1 Å². The molecule has 2 aliphatic heterocycles. The first-order chi connectivity index (χ1) is 14.2. The maximum atomic E-state index is 13.8. The van der Waals surface area contributed by atoms with E-state index in [9.17, 15) is 23.1 Å². The molecule has 0 spiro atoms. The largest absolute Gasteiger partial charge is 0.478 e. The lowest BCUT2D eigenvalue weighted by atomic mass is 9.91. The summed E-state index contributed by atoms with van der Waals surface area (Å²) in [4.78, 5) is 26.2. The molecule has 2 bridgehead atoms. The topological polar surface area (TPSA) is 104 Å². The van der Waals surface area contributed by atoms with Gasteiger partial charge < -0.3 is 14.7 Å². The fourth-order valence-corrected chi connectivity index (χ4v) is 6.74. The van der Waals surface area contributed by atoms with Gasteiger partial charge in [0.1, 0.15) is 6.04 Å². The minimum Gasteiger partial charge on any atom is -0.478 e. The fraction of sp³-hybridized carbons (Fsp3) is 0.524. The van der Waals surface area contributed by atoms with E-state index in [2.05, 4.69) is 5.92 Å². The Morgan fingerprint density at radius 2 is 2.10 bits per heavy atom. The number of fused-ring (bicyclic) bond motifs is 2. The average molecular weight is 435 g/mol. The van der Waals surface area contributed by atoms with E-state index in [1.54, 1.807) is 0 Å². The van der Waals surface area contributed by atoms with Crippen LogP contribution >= 0.6 is 0 Å². The Bertz CT molecular complexity index is 984. The molecule has 2 aliphatic rings. The Morgan fingerprint density at radius 1 is 1.37 bits per heavy atom. The number of carboxylic acids is 1. The lowest BCUT2D eigenvalue weighted by molar-refractivity contribution is -0.134. The summed E-state index contributed by atoms with van der Waals surface area (Å²) < 4.78 is 34.2. The summed E-state index contributed by atoms with van der Waals surface area (Å²) in [5.74, 6) is 0.730. The molecule has 1 aromatic carbocycles. The first kappa shape index (κ1) is 22.3. The zero-order valence-corrected chi connectivity index (χ0v) is 17.9. The third-order valence-electron chi connectivity index (χ3n) is 5.94.